The molecule has 1 aliphatic carbocycles. The van der Waals surface area contributed by atoms with Crippen LogP contribution in [0, 0.1) is 5.82 Å². The second kappa shape index (κ2) is 8.60. The molecule has 0 spiro atoms. The fourth-order valence-corrected chi connectivity index (χ4v) is 3.16. The van der Waals surface area contributed by atoms with Crippen molar-refractivity contribution in [1.82, 2.24) is 14.8 Å². The fraction of sp³-hybridized carbons (Fsp3) is 0.400. The van der Waals surface area contributed by atoms with Crippen LogP contribution < -0.4 is 0 Å². The normalized spacial score (nSPS) is 14.6. The van der Waals surface area contributed by atoms with E-state index in [4.69, 9.17) is 0 Å². The molecular formula is C20H25ClFN3O. The summed E-state index contributed by atoms with van der Waals surface area (Å²) in [7, 11) is 3.97. The van der Waals surface area contributed by atoms with E-state index in [0.29, 0.717) is 31.5 Å². The van der Waals surface area contributed by atoms with Gasteiger partial charge in [-0.05, 0) is 44.6 Å². The Hall–Kier alpha value is -1.98. The molecule has 1 aliphatic rings. The average Bonchev–Trinajstić information content (AvgIpc) is 3.41. The molecule has 1 saturated carbocycles. The smallest absolute Gasteiger partial charge is 0.233 e. The Morgan fingerprint density at radius 2 is 1.88 bits per heavy atom. The largest absolute Gasteiger partial charge is 0.336 e. The second-order valence-corrected chi connectivity index (χ2v) is 6.95. The third kappa shape index (κ3) is 4.40. The van der Waals surface area contributed by atoms with Crippen LogP contribution >= 0.6 is 12.4 Å². The van der Waals surface area contributed by atoms with E-state index in [0.717, 1.165) is 12.1 Å². The minimum absolute atomic E-state index is 0. The number of likely N-dealkylation sites (N-methyl/N-ethyl adjacent to an activating group) is 1. The topological polar surface area (TPSA) is 36.4 Å². The lowest BCUT2D eigenvalue weighted by molar-refractivity contribution is -0.134. The summed E-state index contributed by atoms with van der Waals surface area (Å²) in [6.07, 6.45) is 4.91. The van der Waals surface area contributed by atoms with E-state index >= 15 is 0 Å². The SMILES string of the molecule is CN(C)CCN(Cc1cccnc1)C(=O)C1(c2ccccc2F)CC1.Cl. The van der Waals surface area contributed by atoms with Gasteiger partial charge in [-0.2, -0.15) is 0 Å². The second-order valence-electron chi connectivity index (χ2n) is 6.95. The Morgan fingerprint density at radius 1 is 1.15 bits per heavy atom. The van der Waals surface area contributed by atoms with Crippen molar-refractivity contribution >= 4 is 18.3 Å². The standard InChI is InChI=1S/C20H24FN3O.ClH/c1-23(2)12-13-24(15-16-6-5-11-22-14-16)19(25)20(9-10-20)17-7-3-4-8-18(17)21;/h3-8,11,14H,9-10,12-13,15H2,1-2H3;1H. The van der Waals surface area contributed by atoms with E-state index in [1.807, 2.05) is 36.0 Å². The number of nitrogens with zero attached hydrogens (tertiary/aromatic N) is 3. The van der Waals surface area contributed by atoms with E-state index in [1.165, 1.54) is 6.07 Å². The predicted molar refractivity (Wildman–Crippen MR) is 103 cm³/mol. The Kier molecular flexibility index (Phi) is 6.73. The Balaban J connectivity index is 0.00000243. The van der Waals surface area contributed by atoms with Crippen molar-refractivity contribution in [3.8, 4) is 0 Å². The van der Waals surface area contributed by atoms with Gasteiger partial charge in [0.2, 0.25) is 5.91 Å². The van der Waals surface area contributed by atoms with Gasteiger partial charge in [0.15, 0.2) is 0 Å². The first kappa shape index (κ1) is 20.3. The Labute approximate surface area is 160 Å². The van der Waals surface area contributed by atoms with Crippen molar-refractivity contribution in [3.63, 3.8) is 0 Å². The quantitative estimate of drug-likeness (QED) is 0.743. The van der Waals surface area contributed by atoms with Gasteiger partial charge in [0.05, 0.1) is 5.41 Å². The number of carbonyl (C=O) groups excluding carboxylic acids is 1. The van der Waals surface area contributed by atoms with Crippen LogP contribution in [0.15, 0.2) is 48.8 Å². The molecule has 0 saturated heterocycles. The fourth-order valence-electron chi connectivity index (χ4n) is 3.16. The number of carbonyl (C=O) groups is 1. The minimum atomic E-state index is -0.695. The molecule has 1 heterocycles. The number of benzene rings is 1. The molecule has 0 aliphatic heterocycles. The van der Waals surface area contributed by atoms with Crippen LogP contribution in [0.2, 0.25) is 0 Å². The first-order valence-electron chi connectivity index (χ1n) is 8.61. The van der Waals surface area contributed by atoms with Gasteiger partial charge >= 0.3 is 0 Å². The summed E-state index contributed by atoms with van der Waals surface area (Å²) in [6.45, 7) is 1.87. The summed E-state index contributed by atoms with van der Waals surface area (Å²) < 4.78 is 14.3. The van der Waals surface area contributed by atoms with Crippen molar-refractivity contribution in [2.45, 2.75) is 24.8 Å². The lowest BCUT2D eigenvalue weighted by Crippen LogP contribution is -2.42. The molecule has 140 valence electrons. The number of hydrogen-bond acceptors (Lipinski definition) is 3. The molecule has 1 fully saturated rings. The maximum absolute atomic E-state index is 14.3. The lowest BCUT2D eigenvalue weighted by Gasteiger charge is -2.29. The highest BCUT2D eigenvalue weighted by Crippen LogP contribution is 2.50. The molecule has 1 amide bonds. The molecule has 0 atom stereocenters. The summed E-state index contributed by atoms with van der Waals surface area (Å²) in [5.41, 5.74) is 0.819. The van der Waals surface area contributed by atoms with Crippen LogP contribution in [-0.4, -0.2) is 47.9 Å². The first-order chi connectivity index (χ1) is 12.0. The van der Waals surface area contributed by atoms with Crippen LogP contribution in [0.25, 0.3) is 0 Å². The summed E-state index contributed by atoms with van der Waals surface area (Å²) >= 11 is 0. The van der Waals surface area contributed by atoms with E-state index in [2.05, 4.69) is 4.98 Å². The molecule has 0 N–H and O–H groups in total. The van der Waals surface area contributed by atoms with Crippen molar-refractivity contribution in [2.75, 3.05) is 27.2 Å². The lowest BCUT2D eigenvalue weighted by atomic mass is 9.93. The zero-order valence-corrected chi connectivity index (χ0v) is 16.0. The van der Waals surface area contributed by atoms with E-state index in [9.17, 15) is 9.18 Å². The number of hydrogen-bond donors (Lipinski definition) is 0. The maximum Gasteiger partial charge on any atom is 0.233 e. The Bertz CT molecular complexity index is 735. The molecule has 0 unspecified atom stereocenters. The summed E-state index contributed by atoms with van der Waals surface area (Å²) in [5, 5.41) is 0. The zero-order valence-electron chi connectivity index (χ0n) is 15.2. The zero-order chi connectivity index (χ0) is 17.9. The highest BCUT2D eigenvalue weighted by molar-refractivity contribution is 5.91. The predicted octanol–water partition coefficient (Wildman–Crippen LogP) is 3.26. The third-order valence-corrected chi connectivity index (χ3v) is 4.75. The number of halogens is 2. The highest BCUT2D eigenvalue weighted by Gasteiger charge is 2.54. The molecule has 1 aromatic heterocycles. The molecule has 2 aromatic rings. The molecule has 1 aromatic carbocycles. The first-order valence-corrected chi connectivity index (χ1v) is 8.61. The van der Waals surface area contributed by atoms with Gasteiger partial charge < -0.3 is 9.80 Å². The van der Waals surface area contributed by atoms with Crippen molar-refractivity contribution in [2.24, 2.45) is 0 Å². The molecule has 26 heavy (non-hydrogen) atoms. The van der Waals surface area contributed by atoms with Gasteiger partial charge in [0.25, 0.3) is 0 Å². The summed E-state index contributed by atoms with van der Waals surface area (Å²) in [4.78, 5) is 21.3. The van der Waals surface area contributed by atoms with Gasteiger partial charge in [-0.15, -0.1) is 12.4 Å². The number of pyridine rings is 1. The Morgan fingerprint density at radius 3 is 2.46 bits per heavy atom. The van der Waals surface area contributed by atoms with Crippen molar-refractivity contribution < 1.29 is 9.18 Å². The van der Waals surface area contributed by atoms with Crippen molar-refractivity contribution in [3.05, 3.63) is 65.7 Å². The van der Waals surface area contributed by atoms with Crippen molar-refractivity contribution in [1.29, 1.82) is 0 Å². The number of aromatic nitrogens is 1. The third-order valence-electron chi connectivity index (χ3n) is 4.75. The van der Waals surface area contributed by atoms with Gasteiger partial charge in [0, 0.05) is 37.6 Å². The van der Waals surface area contributed by atoms with Gasteiger partial charge in [-0.3, -0.25) is 9.78 Å². The average molecular weight is 378 g/mol. The monoisotopic (exact) mass is 377 g/mol. The summed E-state index contributed by atoms with van der Waals surface area (Å²) in [5.74, 6) is -0.273. The molecule has 0 bridgehead atoms. The van der Waals surface area contributed by atoms with Crippen LogP contribution in [0.3, 0.4) is 0 Å². The van der Waals surface area contributed by atoms with Crippen LogP contribution in [0.1, 0.15) is 24.0 Å². The molecule has 6 heteroatoms. The van der Waals surface area contributed by atoms with Crippen LogP contribution in [0.4, 0.5) is 4.39 Å². The van der Waals surface area contributed by atoms with E-state index in [1.54, 1.807) is 30.6 Å². The van der Waals surface area contributed by atoms with E-state index < -0.39 is 5.41 Å². The van der Waals surface area contributed by atoms with E-state index in [-0.39, 0.29) is 24.1 Å². The molecule has 4 nitrogen and oxygen atoms in total. The number of rotatable bonds is 7. The number of amides is 1. The minimum Gasteiger partial charge on any atom is -0.336 e. The summed E-state index contributed by atoms with van der Waals surface area (Å²) in [6, 6.07) is 10.5. The van der Waals surface area contributed by atoms with Crippen LogP contribution in [0.5, 0.6) is 0 Å². The van der Waals surface area contributed by atoms with Gasteiger partial charge in [0.1, 0.15) is 5.82 Å². The maximum atomic E-state index is 14.3. The highest BCUT2D eigenvalue weighted by atomic mass is 35.5. The van der Waals surface area contributed by atoms with Gasteiger partial charge in [-0.1, -0.05) is 24.3 Å². The molecular weight excluding hydrogens is 353 g/mol. The van der Waals surface area contributed by atoms with Gasteiger partial charge in [-0.25, -0.2) is 4.39 Å². The van der Waals surface area contributed by atoms with Crippen LogP contribution in [-0.2, 0) is 16.8 Å². The molecule has 0 radical (unpaired) electrons. The molecule has 3 rings (SSSR count).